The fourth-order valence-corrected chi connectivity index (χ4v) is 1.64. The summed E-state index contributed by atoms with van der Waals surface area (Å²) in [5.74, 6) is -1.14. The van der Waals surface area contributed by atoms with Crippen molar-refractivity contribution in [3.63, 3.8) is 0 Å². The van der Waals surface area contributed by atoms with Crippen molar-refractivity contribution in [3.05, 3.63) is 17.0 Å². The summed E-state index contributed by atoms with van der Waals surface area (Å²) >= 11 is 0. The molecule has 0 spiro atoms. The first-order valence-electron chi connectivity index (χ1n) is 4.37. The fraction of sp³-hybridized carbons (Fsp3) is 0.375. The van der Waals surface area contributed by atoms with E-state index >= 15 is 0 Å². The number of fused-ring (bicyclic) bond motifs is 1. The summed E-state index contributed by atoms with van der Waals surface area (Å²) in [6.45, 7) is 0.451. The molecule has 0 radical (unpaired) electrons. The molecule has 0 aliphatic carbocycles. The predicted octanol–water partition coefficient (Wildman–Crippen LogP) is 0.144. The van der Waals surface area contributed by atoms with Crippen molar-refractivity contribution in [1.82, 2.24) is 15.1 Å². The van der Waals surface area contributed by atoms with Gasteiger partial charge in [-0.1, -0.05) is 0 Å². The van der Waals surface area contributed by atoms with Crippen LogP contribution in [0.5, 0.6) is 0 Å². The van der Waals surface area contributed by atoms with Gasteiger partial charge in [-0.25, -0.2) is 9.59 Å². The third kappa shape index (κ3) is 1.51. The number of aromatic carboxylic acids is 1. The van der Waals surface area contributed by atoms with Gasteiger partial charge in [-0.3, -0.25) is 5.10 Å². The summed E-state index contributed by atoms with van der Waals surface area (Å²) in [5.41, 5.74) is 1.09. The molecule has 0 fully saturated rings. The SMILES string of the molecule is O=C(O)c1n[nH]c2c1CN(C(=O)O)CC2. The van der Waals surface area contributed by atoms with Crippen molar-refractivity contribution in [1.29, 1.82) is 0 Å². The Morgan fingerprint density at radius 3 is 2.73 bits per heavy atom. The molecule has 1 aliphatic rings. The molecule has 0 atom stereocenters. The van der Waals surface area contributed by atoms with Crippen LogP contribution in [0, 0.1) is 0 Å². The zero-order chi connectivity index (χ0) is 11.0. The highest BCUT2D eigenvalue weighted by atomic mass is 16.4. The van der Waals surface area contributed by atoms with E-state index in [9.17, 15) is 9.59 Å². The minimum atomic E-state index is -1.14. The molecule has 0 unspecified atom stereocenters. The number of nitrogens with one attached hydrogen (secondary N) is 1. The van der Waals surface area contributed by atoms with Crippen LogP contribution >= 0.6 is 0 Å². The Morgan fingerprint density at radius 2 is 2.13 bits per heavy atom. The van der Waals surface area contributed by atoms with Crippen molar-refractivity contribution < 1.29 is 19.8 Å². The standard InChI is InChI=1S/C8H9N3O4/c12-7(13)6-4-3-11(8(14)15)2-1-5(4)9-10-6/h1-3H2,(H,9,10)(H,12,13)(H,14,15). The first kappa shape index (κ1) is 9.50. The number of hydrogen-bond donors (Lipinski definition) is 3. The second-order valence-corrected chi connectivity index (χ2v) is 3.29. The fourth-order valence-electron chi connectivity index (χ4n) is 1.64. The van der Waals surface area contributed by atoms with Gasteiger partial charge in [-0.05, 0) is 0 Å². The lowest BCUT2D eigenvalue weighted by atomic mass is 10.1. The maximum Gasteiger partial charge on any atom is 0.407 e. The van der Waals surface area contributed by atoms with Gasteiger partial charge in [0.1, 0.15) is 0 Å². The van der Waals surface area contributed by atoms with Crippen LogP contribution in [-0.4, -0.2) is 43.9 Å². The van der Waals surface area contributed by atoms with Gasteiger partial charge in [-0.15, -0.1) is 0 Å². The third-order valence-electron chi connectivity index (χ3n) is 2.41. The Hall–Kier alpha value is -2.05. The van der Waals surface area contributed by atoms with Crippen LogP contribution in [0.4, 0.5) is 4.79 Å². The van der Waals surface area contributed by atoms with E-state index in [1.165, 1.54) is 4.90 Å². The van der Waals surface area contributed by atoms with Crippen molar-refractivity contribution in [2.45, 2.75) is 13.0 Å². The molecule has 0 bridgehead atoms. The van der Waals surface area contributed by atoms with E-state index in [0.717, 1.165) is 0 Å². The maximum absolute atomic E-state index is 10.8. The molecule has 2 heterocycles. The zero-order valence-electron chi connectivity index (χ0n) is 7.73. The van der Waals surface area contributed by atoms with Gasteiger partial charge >= 0.3 is 12.1 Å². The van der Waals surface area contributed by atoms with Gasteiger partial charge in [0.25, 0.3) is 0 Å². The summed E-state index contributed by atoms with van der Waals surface area (Å²) in [6.07, 6.45) is -0.569. The second kappa shape index (κ2) is 3.26. The smallest absolute Gasteiger partial charge is 0.407 e. The Balaban J connectivity index is 2.34. The Bertz CT molecular complexity index is 426. The lowest BCUT2D eigenvalue weighted by Gasteiger charge is -2.23. The van der Waals surface area contributed by atoms with E-state index in [0.29, 0.717) is 24.2 Å². The van der Waals surface area contributed by atoms with Crippen molar-refractivity contribution in [3.8, 4) is 0 Å². The van der Waals surface area contributed by atoms with Crippen LogP contribution in [0.1, 0.15) is 21.7 Å². The minimum absolute atomic E-state index is 0.0861. The van der Waals surface area contributed by atoms with Crippen molar-refractivity contribution in [2.24, 2.45) is 0 Å². The normalized spacial score (nSPS) is 14.8. The number of hydrogen-bond acceptors (Lipinski definition) is 3. The monoisotopic (exact) mass is 211 g/mol. The lowest BCUT2D eigenvalue weighted by Crippen LogP contribution is -2.35. The Kier molecular flexibility index (Phi) is 2.07. The second-order valence-electron chi connectivity index (χ2n) is 3.29. The highest BCUT2D eigenvalue weighted by molar-refractivity contribution is 5.87. The number of H-pyrrole nitrogens is 1. The van der Waals surface area contributed by atoms with E-state index < -0.39 is 12.1 Å². The number of nitrogens with zero attached hydrogens (tertiary/aromatic N) is 2. The zero-order valence-corrected chi connectivity index (χ0v) is 7.73. The van der Waals surface area contributed by atoms with Gasteiger partial charge in [0.15, 0.2) is 5.69 Å². The Labute approximate surface area is 84.3 Å². The molecule has 0 saturated heterocycles. The van der Waals surface area contributed by atoms with Crippen molar-refractivity contribution >= 4 is 12.1 Å². The topological polar surface area (TPSA) is 107 Å². The summed E-state index contributed by atoms with van der Waals surface area (Å²) in [4.78, 5) is 22.6. The first-order valence-corrected chi connectivity index (χ1v) is 4.37. The third-order valence-corrected chi connectivity index (χ3v) is 2.41. The summed E-state index contributed by atoms with van der Waals surface area (Å²) < 4.78 is 0. The molecule has 15 heavy (non-hydrogen) atoms. The van der Waals surface area contributed by atoms with Crippen LogP contribution in [0.15, 0.2) is 0 Å². The average Bonchev–Trinajstić information content (AvgIpc) is 2.59. The number of aromatic nitrogens is 2. The lowest BCUT2D eigenvalue weighted by molar-refractivity contribution is 0.0686. The molecule has 80 valence electrons. The molecule has 2 rings (SSSR count). The molecule has 1 aliphatic heterocycles. The van der Waals surface area contributed by atoms with E-state index in [2.05, 4.69) is 10.2 Å². The molecule has 7 heteroatoms. The van der Waals surface area contributed by atoms with E-state index in [-0.39, 0.29) is 12.2 Å². The number of carboxylic acids is 1. The first-order chi connectivity index (χ1) is 7.09. The van der Waals surface area contributed by atoms with E-state index in [4.69, 9.17) is 10.2 Å². The van der Waals surface area contributed by atoms with Crippen LogP contribution in [0.25, 0.3) is 0 Å². The molecule has 1 aromatic rings. The molecule has 0 aromatic carbocycles. The number of carbonyl (C=O) groups is 2. The molecular formula is C8H9N3O4. The van der Waals surface area contributed by atoms with E-state index in [1.807, 2.05) is 0 Å². The largest absolute Gasteiger partial charge is 0.476 e. The van der Waals surface area contributed by atoms with Gasteiger partial charge in [0, 0.05) is 24.2 Å². The predicted molar refractivity (Wildman–Crippen MR) is 47.7 cm³/mol. The molecule has 1 amide bonds. The minimum Gasteiger partial charge on any atom is -0.476 e. The number of amides is 1. The Morgan fingerprint density at radius 1 is 1.40 bits per heavy atom. The summed E-state index contributed by atoms with van der Waals surface area (Å²) in [7, 11) is 0. The van der Waals surface area contributed by atoms with Gasteiger partial charge in [0.05, 0.1) is 6.54 Å². The average molecular weight is 211 g/mol. The van der Waals surface area contributed by atoms with Gasteiger partial charge in [-0.2, -0.15) is 5.10 Å². The van der Waals surface area contributed by atoms with Crippen LogP contribution in [0.3, 0.4) is 0 Å². The molecule has 7 nitrogen and oxygen atoms in total. The van der Waals surface area contributed by atoms with Gasteiger partial charge < -0.3 is 15.1 Å². The molecule has 0 saturated carbocycles. The number of aromatic amines is 1. The summed E-state index contributed by atoms with van der Waals surface area (Å²) in [6, 6.07) is 0. The van der Waals surface area contributed by atoms with Crippen LogP contribution < -0.4 is 0 Å². The summed E-state index contributed by atoms with van der Waals surface area (Å²) in [5, 5.41) is 23.8. The maximum atomic E-state index is 10.8. The van der Waals surface area contributed by atoms with Gasteiger partial charge in [0.2, 0.25) is 0 Å². The van der Waals surface area contributed by atoms with E-state index in [1.54, 1.807) is 0 Å². The van der Waals surface area contributed by atoms with Crippen LogP contribution in [0.2, 0.25) is 0 Å². The van der Waals surface area contributed by atoms with Crippen molar-refractivity contribution in [2.75, 3.05) is 6.54 Å². The molecular weight excluding hydrogens is 202 g/mol. The molecule has 1 aromatic heterocycles. The quantitative estimate of drug-likeness (QED) is 0.612. The highest BCUT2D eigenvalue weighted by Gasteiger charge is 2.27. The van der Waals surface area contributed by atoms with Crippen LogP contribution in [-0.2, 0) is 13.0 Å². The number of carboxylic acid groups (broad SMARTS) is 2. The highest BCUT2D eigenvalue weighted by Crippen LogP contribution is 2.20. The molecule has 3 N–H and O–H groups in total. The number of rotatable bonds is 1.